The first-order valence-corrected chi connectivity index (χ1v) is 15.5. The summed E-state index contributed by atoms with van der Waals surface area (Å²) < 4.78 is 27.7. The van der Waals surface area contributed by atoms with Crippen molar-refractivity contribution in [2.24, 2.45) is 0 Å². The Hall–Kier alpha value is -3.50. The monoisotopic (exact) mass is 625 g/mol. The molecule has 10 heteroatoms. The quantitative estimate of drug-likeness (QED) is 0.298. The van der Waals surface area contributed by atoms with Crippen LogP contribution < -0.4 is 5.32 Å². The summed E-state index contributed by atoms with van der Waals surface area (Å²) in [4.78, 5) is 41.7. The summed E-state index contributed by atoms with van der Waals surface area (Å²) in [6.07, 6.45) is 1.73. The molecular formula is C30H32BrN3O5S. The molecule has 1 aliphatic heterocycles. The minimum absolute atomic E-state index is 0.0595. The topological polar surface area (TPSA) is 104 Å². The summed E-state index contributed by atoms with van der Waals surface area (Å²) in [6.45, 7) is 2.33. The number of unbranched alkanes of at least 4 members (excludes halogenated alkanes) is 1. The SMILES string of the molecule is CCCCNC(=O)C(Cc1ccccc1)N(Cc1cccc(Br)c1)C(=O)CCN1C(=O)c2ccccc2S1(=O)=O. The molecule has 0 aliphatic carbocycles. The van der Waals surface area contributed by atoms with Crippen LogP contribution >= 0.6 is 15.9 Å². The van der Waals surface area contributed by atoms with Crippen LogP contribution in [0.3, 0.4) is 0 Å². The number of fused-ring (bicyclic) bond motifs is 1. The number of carbonyl (C=O) groups is 3. The summed E-state index contributed by atoms with van der Waals surface area (Å²) in [6, 6.07) is 22.1. The van der Waals surface area contributed by atoms with Gasteiger partial charge in [0.1, 0.15) is 10.9 Å². The second-order valence-corrected chi connectivity index (χ2v) is 12.4. The number of nitrogens with zero attached hydrogens (tertiary/aromatic N) is 2. The highest BCUT2D eigenvalue weighted by molar-refractivity contribution is 9.10. The Labute approximate surface area is 243 Å². The van der Waals surface area contributed by atoms with E-state index in [0.717, 1.165) is 32.7 Å². The van der Waals surface area contributed by atoms with Crippen molar-refractivity contribution in [3.63, 3.8) is 0 Å². The van der Waals surface area contributed by atoms with Gasteiger partial charge in [-0.1, -0.05) is 83.9 Å². The maximum atomic E-state index is 13.8. The zero-order valence-corrected chi connectivity index (χ0v) is 24.7. The normalized spacial score (nSPS) is 14.4. The fourth-order valence-electron chi connectivity index (χ4n) is 4.69. The first-order chi connectivity index (χ1) is 19.2. The van der Waals surface area contributed by atoms with E-state index in [1.165, 1.54) is 17.0 Å². The fourth-order valence-corrected chi connectivity index (χ4v) is 6.70. The van der Waals surface area contributed by atoms with E-state index in [1.54, 1.807) is 12.1 Å². The molecule has 1 aliphatic rings. The Kier molecular flexibility index (Phi) is 9.76. The second-order valence-electron chi connectivity index (χ2n) is 9.63. The van der Waals surface area contributed by atoms with Crippen molar-refractivity contribution < 1.29 is 22.8 Å². The van der Waals surface area contributed by atoms with Crippen molar-refractivity contribution >= 4 is 43.7 Å². The molecule has 0 fully saturated rings. The van der Waals surface area contributed by atoms with Gasteiger partial charge in [0.25, 0.3) is 15.9 Å². The summed E-state index contributed by atoms with van der Waals surface area (Å²) in [5, 5.41) is 2.96. The molecular weight excluding hydrogens is 594 g/mol. The Morgan fingerprint density at radius 2 is 1.68 bits per heavy atom. The van der Waals surface area contributed by atoms with E-state index in [2.05, 4.69) is 21.2 Å². The van der Waals surface area contributed by atoms with Crippen molar-refractivity contribution in [1.29, 1.82) is 0 Å². The molecule has 0 aromatic heterocycles. The molecule has 0 bridgehead atoms. The summed E-state index contributed by atoms with van der Waals surface area (Å²) in [5.74, 6) is -1.36. The van der Waals surface area contributed by atoms with Crippen molar-refractivity contribution in [3.8, 4) is 0 Å². The fraction of sp³-hybridized carbons (Fsp3) is 0.300. The van der Waals surface area contributed by atoms with Gasteiger partial charge in [0.15, 0.2) is 0 Å². The highest BCUT2D eigenvalue weighted by Gasteiger charge is 2.41. The first-order valence-electron chi connectivity index (χ1n) is 13.2. The lowest BCUT2D eigenvalue weighted by Gasteiger charge is -2.32. The number of hydrogen-bond acceptors (Lipinski definition) is 5. The van der Waals surface area contributed by atoms with Crippen LogP contribution in [0.2, 0.25) is 0 Å². The van der Waals surface area contributed by atoms with Gasteiger partial charge in [-0.3, -0.25) is 14.4 Å². The minimum atomic E-state index is -4.05. The predicted octanol–water partition coefficient (Wildman–Crippen LogP) is 4.54. The third kappa shape index (κ3) is 6.79. The Morgan fingerprint density at radius 3 is 2.38 bits per heavy atom. The molecule has 3 aromatic carbocycles. The average Bonchev–Trinajstić information content (AvgIpc) is 3.14. The van der Waals surface area contributed by atoms with Gasteiger partial charge in [-0.15, -0.1) is 0 Å². The van der Waals surface area contributed by atoms with Gasteiger partial charge in [0.2, 0.25) is 11.8 Å². The van der Waals surface area contributed by atoms with E-state index in [-0.39, 0.29) is 42.3 Å². The molecule has 4 rings (SSSR count). The molecule has 0 radical (unpaired) electrons. The van der Waals surface area contributed by atoms with E-state index < -0.39 is 27.9 Å². The van der Waals surface area contributed by atoms with E-state index in [1.807, 2.05) is 61.5 Å². The molecule has 1 heterocycles. The number of carbonyl (C=O) groups excluding carboxylic acids is 3. The Balaban J connectivity index is 1.62. The molecule has 3 amide bonds. The third-order valence-electron chi connectivity index (χ3n) is 6.78. The first kappa shape index (κ1) is 29.5. The number of rotatable bonds is 12. The van der Waals surface area contributed by atoms with Crippen LogP contribution in [0, 0.1) is 0 Å². The molecule has 210 valence electrons. The van der Waals surface area contributed by atoms with Crippen molar-refractivity contribution in [2.75, 3.05) is 13.1 Å². The minimum Gasteiger partial charge on any atom is -0.354 e. The zero-order valence-electron chi connectivity index (χ0n) is 22.3. The molecule has 40 heavy (non-hydrogen) atoms. The molecule has 0 spiro atoms. The molecule has 1 unspecified atom stereocenters. The van der Waals surface area contributed by atoms with Gasteiger partial charge in [0, 0.05) is 36.9 Å². The Morgan fingerprint density at radius 1 is 0.975 bits per heavy atom. The highest BCUT2D eigenvalue weighted by atomic mass is 79.9. The number of halogens is 1. The molecule has 0 saturated carbocycles. The van der Waals surface area contributed by atoms with Gasteiger partial charge in [-0.05, 0) is 41.8 Å². The standard InChI is InChI=1S/C30H32BrN3O5S/c1-2-3-17-32-29(36)26(20-22-10-5-4-6-11-22)33(21-23-12-9-13-24(31)19-23)28(35)16-18-34-30(37)25-14-7-8-15-27(25)40(34,38)39/h4-15,19,26H,2-3,16-18,20-21H2,1H3,(H,32,36). The summed E-state index contributed by atoms with van der Waals surface area (Å²) >= 11 is 3.47. The average molecular weight is 627 g/mol. The lowest BCUT2D eigenvalue weighted by molar-refractivity contribution is -0.141. The zero-order chi connectivity index (χ0) is 28.7. The second kappa shape index (κ2) is 13.2. The van der Waals surface area contributed by atoms with Crippen LogP contribution in [0.25, 0.3) is 0 Å². The number of amides is 3. The van der Waals surface area contributed by atoms with E-state index in [0.29, 0.717) is 6.54 Å². The maximum absolute atomic E-state index is 13.8. The van der Waals surface area contributed by atoms with Crippen LogP contribution in [0.4, 0.5) is 0 Å². The van der Waals surface area contributed by atoms with Gasteiger partial charge < -0.3 is 10.2 Å². The molecule has 1 N–H and O–H groups in total. The van der Waals surface area contributed by atoms with E-state index in [4.69, 9.17) is 0 Å². The van der Waals surface area contributed by atoms with Gasteiger partial charge in [-0.2, -0.15) is 0 Å². The molecule has 8 nitrogen and oxygen atoms in total. The summed E-state index contributed by atoms with van der Waals surface area (Å²) in [5.41, 5.74) is 1.79. The number of sulfonamides is 1. The summed E-state index contributed by atoms with van der Waals surface area (Å²) in [7, 11) is -4.05. The van der Waals surface area contributed by atoms with Crippen LogP contribution in [0.15, 0.2) is 88.2 Å². The lowest BCUT2D eigenvalue weighted by atomic mass is 10.0. The van der Waals surface area contributed by atoms with Crippen LogP contribution in [0.5, 0.6) is 0 Å². The smallest absolute Gasteiger partial charge is 0.269 e. The molecule has 0 saturated heterocycles. The van der Waals surface area contributed by atoms with Crippen molar-refractivity contribution in [3.05, 3.63) is 100 Å². The van der Waals surface area contributed by atoms with Gasteiger partial charge >= 0.3 is 0 Å². The van der Waals surface area contributed by atoms with E-state index >= 15 is 0 Å². The van der Waals surface area contributed by atoms with Crippen LogP contribution in [0.1, 0.15) is 47.7 Å². The maximum Gasteiger partial charge on any atom is 0.269 e. The predicted molar refractivity (Wildman–Crippen MR) is 156 cm³/mol. The van der Waals surface area contributed by atoms with Gasteiger partial charge in [-0.25, -0.2) is 12.7 Å². The van der Waals surface area contributed by atoms with Crippen LogP contribution in [-0.2, 0) is 32.6 Å². The lowest BCUT2D eigenvalue weighted by Crippen LogP contribution is -2.51. The van der Waals surface area contributed by atoms with Crippen molar-refractivity contribution in [2.45, 2.75) is 50.1 Å². The van der Waals surface area contributed by atoms with Gasteiger partial charge in [0.05, 0.1) is 5.56 Å². The number of nitrogens with one attached hydrogen (secondary N) is 1. The van der Waals surface area contributed by atoms with E-state index in [9.17, 15) is 22.8 Å². The number of hydrogen-bond donors (Lipinski definition) is 1. The molecule has 3 aromatic rings. The van der Waals surface area contributed by atoms with Crippen molar-refractivity contribution in [1.82, 2.24) is 14.5 Å². The largest absolute Gasteiger partial charge is 0.354 e. The third-order valence-corrected chi connectivity index (χ3v) is 9.12. The number of benzene rings is 3. The molecule has 1 atom stereocenters. The Bertz CT molecular complexity index is 1480. The van der Waals surface area contributed by atoms with Crippen LogP contribution in [-0.4, -0.2) is 54.5 Å². The highest BCUT2D eigenvalue weighted by Crippen LogP contribution is 2.30.